The summed E-state index contributed by atoms with van der Waals surface area (Å²) in [6.07, 6.45) is 2.73. The molecule has 0 saturated heterocycles. The van der Waals surface area contributed by atoms with Gasteiger partial charge in [0.05, 0.1) is 27.5 Å². The molecule has 5 nitrogen and oxygen atoms in total. The van der Waals surface area contributed by atoms with E-state index in [-0.39, 0.29) is 32.4 Å². The maximum Gasteiger partial charge on any atom is 0.262 e. The smallest absolute Gasteiger partial charge is 0.262 e. The monoisotopic (exact) mass is 329 g/mol. The van der Waals surface area contributed by atoms with Crippen molar-refractivity contribution in [1.29, 1.82) is 0 Å². The lowest BCUT2D eigenvalue weighted by atomic mass is 10.1. The minimum Gasteiger partial charge on any atom is -0.396 e. The van der Waals surface area contributed by atoms with E-state index in [4.69, 9.17) is 17.3 Å². The van der Waals surface area contributed by atoms with Crippen molar-refractivity contribution in [2.24, 2.45) is 0 Å². The molecule has 1 heterocycles. The van der Waals surface area contributed by atoms with Crippen molar-refractivity contribution in [2.75, 3.05) is 10.5 Å². The Morgan fingerprint density at radius 1 is 1.38 bits per heavy atom. The van der Waals surface area contributed by atoms with E-state index in [1.165, 1.54) is 32.3 Å². The third-order valence-corrected chi connectivity index (χ3v) is 4.97. The number of hydrogen-bond acceptors (Lipinski definition) is 4. The molecule has 1 aromatic heterocycles. The molecule has 0 saturated carbocycles. The third kappa shape index (κ3) is 2.93. The second kappa shape index (κ2) is 5.50. The second-order valence-electron chi connectivity index (χ2n) is 4.50. The number of aromatic nitrogens is 1. The Labute approximate surface area is 127 Å². The molecule has 0 aliphatic carbocycles. The Hall–Kier alpha value is -1.86. The van der Waals surface area contributed by atoms with Crippen LogP contribution in [-0.4, -0.2) is 13.4 Å². The molecule has 0 spiro atoms. The number of hydrogen-bond donors (Lipinski definition) is 2. The molecular weight excluding hydrogens is 317 g/mol. The van der Waals surface area contributed by atoms with Gasteiger partial charge in [0.25, 0.3) is 10.0 Å². The van der Waals surface area contributed by atoms with E-state index in [0.29, 0.717) is 0 Å². The van der Waals surface area contributed by atoms with Gasteiger partial charge in [0, 0.05) is 6.20 Å². The number of pyridine rings is 1. The number of nitrogen functional groups attached to an aromatic ring is 1. The number of anilines is 2. The van der Waals surface area contributed by atoms with Gasteiger partial charge in [-0.2, -0.15) is 0 Å². The van der Waals surface area contributed by atoms with E-state index in [1.807, 2.05) is 0 Å². The largest absolute Gasteiger partial charge is 0.396 e. The van der Waals surface area contributed by atoms with Crippen molar-refractivity contribution in [3.63, 3.8) is 0 Å². The molecule has 0 amide bonds. The molecular formula is C13H13ClFN3O2S. The average Bonchev–Trinajstić information content (AvgIpc) is 2.38. The van der Waals surface area contributed by atoms with Gasteiger partial charge in [-0.1, -0.05) is 11.6 Å². The van der Waals surface area contributed by atoms with Gasteiger partial charge in [-0.15, -0.1) is 0 Å². The van der Waals surface area contributed by atoms with Gasteiger partial charge in [0.15, 0.2) is 0 Å². The highest BCUT2D eigenvalue weighted by molar-refractivity contribution is 7.92. The molecule has 1 aromatic carbocycles. The number of sulfonamides is 1. The van der Waals surface area contributed by atoms with Crippen molar-refractivity contribution < 1.29 is 12.8 Å². The lowest BCUT2D eigenvalue weighted by Gasteiger charge is -2.15. The molecule has 0 unspecified atom stereocenters. The minimum absolute atomic E-state index is 0.0682. The third-order valence-electron chi connectivity index (χ3n) is 2.98. The molecule has 0 bridgehead atoms. The van der Waals surface area contributed by atoms with Crippen LogP contribution in [0.4, 0.5) is 15.8 Å². The zero-order chi connectivity index (χ0) is 15.8. The summed E-state index contributed by atoms with van der Waals surface area (Å²) in [7, 11) is -3.96. The van der Waals surface area contributed by atoms with Crippen LogP contribution in [0.25, 0.3) is 0 Å². The molecule has 0 aliphatic rings. The molecule has 8 heteroatoms. The molecule has 0 fully saturated rings. The van der Waals surface area contributed by atoms with E-state index >= 15 is 0 Å². The summed E-state index contributed by atoms with van der Waals surface area (Å²) in [5.74, 6) is -0.650. The van der Waals surface area contributed by atoms with Crippen LogP contribution in [0.5, 0.6) is 0 Å². The van der Waals surface area contributed by atoms with Crippen LogP contribution in [-0.2, 0) is 10.0 Å². The van der Waals surface area contributed by atoms with Crippen LogP contribution in [0.1, 0.15) is 11.1 Å². The number of nitrogens with one attached hydrogen (secondary N) is 1. The molecule has 3 N–H and O–H groups in total. The second-order valence-corrected chi connectivity index (χ2v) is 6.53. The normalized spacial score (nSPS) is 11.4. The first-order valence-corrected chi connectivity index (χ1v) is 7.77. The van der Waals surface area contributed by atoms with E-state index in [0.717, 1.165) is 6.07 Å². The van der Waals surface area contributed by atoms with Crippen molar-refractivity contribution in [1.82, 2.24) is 4.98 Å². The highest BCUT2D eigenvalue weighted by Gasteiger charge is 2.23. The Bertz CT molecular complexity index is 809. The van der Waals surface area contributed by atoms with Gasteiger partial charge in [0.2, 0.25) is 0 Å². The number of nitrogens with two attached hydrogens (primary N) is 1. The fraction of sp³-hybridized carbons (Fsp3) is 0.154. The first-order chi connectivity index (χ1) is 9.74. The fourth-order valence-electron chi connectivity index (χ4n) is 1.99. The van der Waals surface area contributed by atoms with Crippen molar-refractivity contribution in [3.8, 4) is 0 Å². The minimum atomic E-state index is -3.96. The van der Waals surface area contributed by atoms with Crippen LogP contribution in [0, 0.1) is 19.7 Å². The topological polar surface area (TPSA) is 85.1 Å². The van der Waals surface area contributed by atoms with E-state index in [9.17, 15) is 12.8 Å². The van der Waals surface area contributed by atoms with E-state index in [1.54, 1.807) is 0 Å². The number of nitrogens with zero attached hydrogens (tertiary/aromatic N) is 1. The van der Waals surface area contributed by atoms with Gasteiger partial charge < -0.3 is 5.73 Å². The average molecular weight is 330 g/mol. The summed E-state index contributed by atoms with van der Waals surface area (Å²) in [5, 5.41) is 0.207. The maximum atomic E-state index is 13.5. The molecule has 0 aliphatic heterocycles. The maximum absolute atomic E-state index is 13.5. The van der Waals surface area contributed by atoms with Crippen LogP contribution in [0.3, 0.4) is 0 Å². The molecule has 112 valence electrons. The summed E-state index contributed by atoms with van der Waals surface area (Å²) in [5.41, 5.74) is 5.92. The highest BCUT2D eigenvalue weighted by Crippen LogP contribution is 2.30. The fourth-order valence-corrected chi connectivity index (χ4v) is 3.75. The number of halogens is 2. The first-order valence-electron chi connectivity index (χ1n) is 5.91. The van der Waals surface area contributed by atoms with Gasteiger partial charge in [-0.05, 0) is 37.1 Å². The summed E-state index contributed by atoms with van der Waals surface area (Å²) >= 11 is 5.90. The predicted octanol–water partition coefficient (Wildman–Crippen LogP) is 2.87. The van der Waals surface area contributed by atoms with Crippen LogP contribution >= 0.6 is 11.6 Å². The van der Waals surface area contributed by atoms with Crippen LogP contribution in [0.15, 0.2) is 29.4 Å². The summed E-state index contributed by atoms with van der Waals surface area (Å²) < 4.78 is 40.8. The summed E-state index contributed by atoms with van der Waals surface area (Å²) in [6, 6.07) is 2.54. The Morgan fingerprint density at radius 2 is 2.05 bits per heavy atom. The molecule has 0 atom stereocenters. The lowest BCUT2D eigenvalue weighted by Crippen LogP contribution is -2.17. The number of rotatable bonds is 3. The molecule has 21 heavy (non-hydrogen) atoms. The summed E-state index contributed by atoms with van der Waals surface area (Å²) in [6.45, 7) is 2.94. The van der Waals surface area contributed by atoms with Gasteiger partial charge in [-0.25, -0.2) is 12.8 Å². The molecule has 0 radical (unpaired) electrons. The van der Waals surface area contributed by atoms with Crippen LogP contribution < -0.4 is 10.5 Å². The number of aryl methyl sites for hydroxylation is 1. The Balaban J connectivity index is 2.56. The summed E-state index contributed by atoms with van der Waals surface area (Å²) in [4.78, 5) is 3.74. The Kier molecular flexibility index (Phi) is 4.06. The van der Waals surface area contributed by atoms with Crippen LogP contribution in [0.2, 0.25) is 5.02 Å². The first kappa shape index (κ1) is 15.5. The van der Waals surface area contributed by atoms with Gasteiger partial charge in [-0.3, -0.25) is 9.71 Å². The van der Waals surface area contributed by atoms with E-state index < -0.39 is 15.8 Å². The standard InChI is InChI=1S/C13H13ClFN3O2S/c1-7-5-10(15)12(16)8(2)13(7)21(19,20)18-11-6-17-4-3-9(11)14/h3-6,18H,16H2,1-2H3. The van der Waals surface area contributed by atoms with Crippen molar-refractivity contribution >= 4 is 33.0 Å². The van der Waals surface area contributed by atoms with Gasteiger partial charge in [0.1, 0.15) is 5.82 Å². The predicted molar refractivity (Wildman–Crippen MR) is 80.3 cm³/mol. The highest BCUT2D eigenvalue weighted by atomic mass is 35.5. The quantitative estimate of drug-likeness (QED) is 0.848. The zero-order valence-electron chi connectivity index (χ0n) is 11.3. The van der Waals surface area contributed by atoms with Gasteiger partial charge >= 0.3 is 0 Å². The molecule has 2 aromatic rings. The number of benzene rings is 1. The van der Waals surface area contributed by atoms with Crippen molar-refractivity contribution in [3.05, 3.63) is 46.5 Å². The van der Waals surface area contributed by atoms with Crippen molar-refractivity contribution in [2.45, 2.75) is 18.7 Å². The SMILES string of the molecule is Cc1cc(F)c(N)c(C)c1S(=O)(=O)Nc1cnccc1Cl. The van der Waals surface area contributed by atoms with E-state index in [2.05, 4.69) is 9.71 Å². The lowest BCUT2D eigenvalue weighted by molar-refractivity contribution is 0.598. The zero-order valence-corrected chi connectivity index (χ0v) is 12.9. The molecule has 2 rings (SSSR count). The Morgan fingerprint density at radius 3 is 2.67 bits per heavy atom.